The number of halogens is 1. The highest BCUT2D eigenvalue weighted by Crippen LogP contribution is 2.14. The van der Waals surface area contributed by atoms with Gasteiger partial charge in [-0.15, -0.1) is 24.0 Å². The Balaban J connectivity index is 0.00000341. The van der Waals surface area contributed by atoms with Gasteiger partial charge in [-0.05, 0) is 44.2 Å². The van der Waals surface area contributed by atoms with Crippen molar-refractivity contribution in [3.63, 3.8) is 0 Å². The molecule has 1 aromatic rings. The predicted octanol–water partition coefficient (Wildman–Crippen LogP) is 2.57. The lowest BCUT2D eigenvalue weighted by Gasteiger charge is -2.33. The molecule has 176 valence electrons. The van der Waals surface area contributed by atoms with Crippen LogP contribution in [0.4, 0.5) is 0 Å². The van der Waals surface area contributed by atoms with Gasteiger partial charge in [0.25, 0.3) is 0 Å². The third-order valence-electron chi connectivity index (χ3n) is 5.68. The molecule has 0 bridgehead atoms. The molecule has 1 amide bonds. The van der Waals surface area contributed by atoms with Gasteiger partial charge in [0.05, 0.1) is 31.9 Å². The number of likely N-dealkylation sites (tertiary alicyclic amines) is 1. The molecule has 31 heavy (non-hydrogen) atoms. The van der Waals surface area contributed by atoms with Crippen LogP contribution < -0.4 is 10.6 Å². The standard InChI is InChI=1S/C22H36N4O4.HI/c1-28-16-10-21(27)26-12-8-18(9-13-26)25-22(23-11-7-19-6-4-15-29-19)24-17-20-5-2-3-14-30-20;/h4,6,15,18,20H,2-3,5,7-14,16-17H2,1H3,(H2,23,24,25);1H. The quantitative estimate of drug-likeness (QED) is 0.280. The van der Waals surface area contributed by atoms with Crippen molar-refractivity contribution in [2.45, 2.75) is 57.1 Å². The number of nitrogens with zero attached hydrogens (tertiary/aromatic N) is 2. The van der Waals surface area contributed by atoms with Crippen LogP contribution in [0.1, 0.15) is 44.3 Å². The molecule has 9 heteroatoms. The van der Waals surface area contributed by atoms with Crippen LogP contribution in [0.5, 0.6) is 0 Å². The Kier molecular flexibility index (Phi) is 12.3. The van der Waals surface area contributed by atoms with Gasteiger partial charge in [0.1, 0.15) is 5.76 Å². The zero-order valence-electron chi connectivity index (χ0n) is 18.5. The number of carbonyl (C=O) groups is 1. The van der Waals surface area contributed by atoms with E-state index in [4.69, 9.17) is 18.9 Å². The number of aliphatic imine (C=N–C) groups is 1. The van der Waals surface area contributed by atoms with E-state index in [1.165, 1.54) is 6.42 Å². The van der Waals surface area contributed by atoms with Crippen LogP contribution >= 0.6 is 24.0 Å². The van der Waals surface area contributed by atoms with Gasteiger partial charge in [0, 0.05) is 45.8 Å². The summed E-state index contributed by atoms with van der Waals surface area (Å²) in [6, 6.07) is 4.20. The maximum absolute atomic E-state index is 12.2. The summed E-state index contributed by atoms with van der Waals surface area (Å²) in [5.41, 5.74) is 0. The molecule has 0 aromatic carbocycles. The number of furan rings is 1. The van der Waals surface area contributed by atoms with E-state index >= 15 is 0 Å². The summed E-state index contributed by atoms with van der Waals surface area (Å²) in [5.74, 6) is 1.95. The molecular formula is C22H37IN4O4. The first-order valence-corrected chi connectivity index (χ1v) is 11.2. The lowest BCUT2D eigenvalue weighted by molar-refractivity contribution is -0.133. The molecule has 8 nitrogen and oxygen atoms in total. The smallest absolute Gasteiger partial charge is 0.224 e. The minimum atomic E-state index is 0. The molecule has 2 saturated heterocycles. The van der Waals surface area contributed by atoms with E-state index in [1.807, 2.05) is 17.0 Å². The number of hydrogen-bond donors (Lipinski definition) is 2. The van der Waals surface area contributed by atoms with E-state index in [-0.39, 0.29) is 36.0 Å². The van der Waals surface area contributed by atoms with Crippen LogP contribution in [0.25, 0.3) is 0 Å². The van der Waals surface area contributed by atoms with E-state index in [0.717, 1.165) is 70.1 Å². The van der Waals surface area contributed by atoms with E-state index in [0.29, 0.717) is 25.6 Å². The summed E-state index contributed by atoms with van der Waals surface area (Å²) >= 11 is 0. The minimum Gasteiger partial charge on any atom is -0.469 e. The van der Waals surface area contributed by atoms with Gasteiger partial charge >= 0.3 is 0 Å². The molecule has 2 aliphatic heterocycles. The Morgan fingerprint density at radius 1 is 1.29 bits per heavy atom. The zero-order valence-corrected chi connectivity index (χ0v) is 20.8. The summed E-state index contributed by atoms with van der Waals surface area (Å²) in [5, 5.41) is 7.00. The molecule has 2 aliphatic rings. The third-order valence-corrected chi connectivity index (χ3v) is 5.68. The number of piperidine rings is 1. The van der Waals surface area contributed by atoms with Crippen LogP contribution in [0.3, 0.4) is 0 Å². The van der Waals surface area contributed by atoms with Gasteiger partial charge < -0.3 is 29.4 Å². The van der Waals surface area contributed by atoms with Crippen molar-refractivity contribution in [1.82, 2.24) is 15.5 Å². The van der Waals surface area contributed by atoms with Crippen LogP contribution in [0, 0.1) is 0 Å². The Hall–Kier alpha value is -1.33. The van der Waals surface area contributed by atoms with Crippen molar-refractivity contribution >= 4 is 35.8 Å². The van der Waals surface area contributed by atoms with Crippen molar-refractivity contribution < 1.29 is 18.7 Å². The molecule has 0 aliphatic carbocycles. The number of nitrogens with one attached hydrogen (secondary N) is 2. The molecule has 0 spiro atoms. The molecule has 3 heterocycles. The van der Waals surface area contributed by atoms with E-state index in [1.54, 1.807) is 13.4 Å². The number of carbonyl (C=O) groups excluding carboxylic acids is 1. The van der Waals surface area contributed by atoms with E-state index in [9.17, 15) is 4.79 Å². The first kappa shape index (κ1) is 25.9. The van der Waals surface area contributed by atoms with Crippen LogP contribution in [0.15, 0.2) is 27.8 Å². The number of amides is 1. The fourth-order valence-electron chi connectivity index (χ4n) is 3.87. The Morgan fingerprint density at radius 2 is 2.13 bits per heavy atom. The predicted molar refractivity (Wildman–Crippen MR) is 131 cm³/mol. The van der Waals surface area contributed by atoms with Crippen molar-refractivity contribution in [2.24, 2.45) is 4.99 Å². The number of guanidine groups is 1. The largest absolute Gasteiger partial charge is 0.469 e. The first-order valence-electron chi connectivity index (χ1n) is 11.2. The number of rotatable bonds is 9. The topological polar surface area (TPSA) is 88.3 Å². The Bertz CT molecular complexity index is 642. The van der Waals surface area contributed by atoms with E-state index < -0.39 is 0 Å². The van der Waals surface area contributed by atoms with Gasteiger partial charge in [-0.25, -0.2) is 0 Å². The average molecular weight is 548 g/mol. The van der Waals surface area contributed by atoms with Crippen LogP contribution in [0.2, 0.25) is 0 Å². The molecule has 1 atom stereocenters. The average Bonchev–Trinajstić information content (AvgIpc) is 3.30. The highest BCUT2D eigenvalue weighted by atomic mass is 127. The monoisotopic (exact) mass is 548 g/mol. The molecule has 2 fully saturated rings. The Labute approximate surface area is 202 Å². The van der Waals surface area contributed by atoms with Gasteiger partial charge in [-0.2, -0.15) is 0 Å². The van der Waals surface area contributed by atoms with Crippen molar-refractivity contribution in [3.8, 4) is 0 Å². The SMILES string of the molecule is COCCC(=O)N1CCC(NC(=NCC2CCCCO2)NCCc2ccco2)CC1.I. The highest BCUT2D eigenvalue weighted by molar-refractivity contribution is 14.0. The molecular weight excluding hydrogens is 511 g/mol. The highest BCUT2D eigenvalue weighted by Gasteiger charge is 2.23. The van der Waals surface area contributed by atoms with Gasteiger partial charge in [-0.1, -0.05) is 0 Å². The third kappa shape index (κ3) is 9.36. The summed E-state index contributed by atoms with van der Waals surface area (Å²) in [4.78, 5) is 18.9. The summed E-state index contributed by atoms with van der Waals surface area (Å²) in [6.07, 6.45) is 8.43. The summed E-state index contributed by atoms with van der Waals surface area (Å²) in [6.45, 7) is 4.28. The number of hydrogen-bond acceptors (Lipinski definition) is 5. The molecule has 1 aromatic heterocycles. The lowest BCUT2D eigenvalue weighted by atomic mass is 10.0. The molecule has 0 radical (unpaired) electrons. The summed E-state index contributed by atoms with van der Waals surface area (Å²) in [7, 11) is 1.63. The van der Waals surface area contributed by atoms with Gasteiger partial charge in [0.15, 0.2) is 5.96 Å². The molecule has 3 rings (SSSR count). The minimum absolute atomic E-state index is 0. The number of ether oxygens (including phenoxy) is 2. The second-order valence-corrected chi connectivity index (χ2v) is 7.98. The molecule has 0 saturated carbocycles. The zero-order chi connectivity index (χ0) is 21.0. The van der Waals surface area contributed by atoms with Gasteiger partial charge in [-0.3, -0.25) is 9.79 Å². The first-order chi connectivity index (χ1) is 14.7. The second kappa shape index (κ2) is 14.7. The fraction of sp³-hybridized carbons (Fsp3) is 0.727. The van der Waals surface area contributed by atoms with Crippen LogP contribution in [-0.4, -0.2) is 75.4 Å². The molecule has 2 N–H and O–H groups in total. The lowest BCUT2D eigenvalue weighted by Crippen LogP contribution is -2.50. The van der Waals surface area contributed by atoms with Crippen molar-refractivity contribution in [2.75, 3.05) is 46.5 Å². The van der Waals surface area contributed by atoms with Gasteiger partial charge in [0.2, 0.25) is 5.91 Å². The fourth-order valence-corrected chi connectivity index (χ4v) is 3.87. The van der Waals surface area contributed by atoms with Crippen molar-refractivity contribution in [1.29, 1.82) is 0 Å². The van der Waals surface area contributed by atoms with Crippen molar-refractivity contribution in [3.05, 3.63) is 24.2 Å². The normalized spacial score (nSPS) is 20.2. The number of methoxy groups -OCH3 is 1. The maximum Gasteiger partial charge on any atom is 0.224 e. The van der Waals surface area contributed by atoms with E-state index in [2.05, 4.69) is 10.6 Å². The summed E-state index contributed by atoms with van der Waals surface area (Å²) < 4.78 is 16.3. The Morgan fingerprint density at radius 3 is 2.81 bits per heavy atom. The second-order valence-electron chi connectivity index (χ2n) is 7.98. The molecule has 1 unspecified atom stereocenters. The van der Waals surface area contributed by atoms with Crippen LogP contribution in [-0.2, 0) is 20.7 Å². The maximum atomic E-state index is 12.2.